The van der Waals surface area contributed by atoms with Crippen LogP contribution in [0.1, 0.15) is 99.8 Å². The van der Waals surface area contributed by atoms with Crippen LogP contribution in [0.25, 0.3) is 0 Å². The van der Waals surface area contributed by atoms with Gasteiger partial charge in [-0.15, -0.1) is 0 Å². The highest BCUT2D eigenvalue weighted by molar-refractivity contribution is 7.53. The lowest BCUT2D eigenvalue weighted by molar-refractivity contribution is 0.0485. The molecule has 0 radical (unpaired) electrons. The first-order chi connectivity index (χ1) is 12.1. The summed E-state index contributed by atoms with van der Waals surface area (Å²) in [5, 5.41) is 10.9. The SMILES string of the molecule is CC(C)(C)OP(=O)(Cc1cc(C(C)(C)C)c(O)c(C(C)(C)C)c1)OC(C)(C)C. The zero-order valence-electron chi connectivity index (χ0n) is 20.0. The van der Waals surface area contributed by atoms with Crippen molar-refractivity contribution >= 4 is 7.60 Å². The molecule has 0 bridgehead atoms. The van der Waals surface area contributed by atoms with Crippen molar-refractivity contribution in [1.82, 2.24) is 0 Å². The molecule has 162 valence electrons. The molecule has 1 aromatic rings. The van der Waals surface area contributed by atoms with Crippen molar-refractivity contribution in [2.24, 2.45) is 0 Å². The first-order valence-corrected chi connectivity index (χ1v) is 11.7. The molecule has 0 unspecified atom stereocenters. The van der Waals surface area contributed by atoms with Gasteiger partial charge in [0.1, 0.15) is 5.75 Å². The molecular formula is C23H41O4P. The fraction of sp³-hybridized carbons (Fsp3) is 0.739. The highest BCUT2D eigenvalue weighted by Crippen LogP contribution is 2.57. The van der Waals surface area contributed by atoms with Gasteiger partial charge < -0.3 is 14.2 Å². The Hall–Kier alpha value is -0.830. The van der Waals surface area contributed by atoms with Crippen molar-refractivity contribution in [3.63, 3.8) is 0 Å². The number of benzene rings is 1. The monoisotopic (exact) mass is 412 g/mol. The molecule has 0 aliphatic heterocycles. The summed E-state index contributed by atoms with van der Waals surface area (Å²) in [7, 11) is -3.43. The van der Waals surface area contributed by atoms with E-state index in [2.05, 4.69) is 41.5 Å². The van der Waals surface area contributed by atoms with E-state index in [0.717, 1.165) is 16.7 Å². The van der Waals surface area contributed by atoms with Gasteiger partial charge in [-0.25, -0.2) is 0 Å². The predicted octanol–water partition coefficient (Wildman–Crippen LogP) is 7.31. The minimum atomic E-state index is -3.43. The maximum absolute atomic E-state index is 13.7. The quantitative estimate of drug-likeness (QED) is 0.527. The van der Waals surface area contributed by atoms with Crippen LogP contribution in [0.3, 0.4) is 0 Å². The van der Waals surface area contributed by atoms with Crippen molar-refractivity contribution in [1.29, 1.82) is 0 Å². The van der Waals surface area contributed by atoms with E-state index in [4.69, 9.17) is 9.05 Å². The van der Waals surface area contributed by atoms with E-state index < -0.39 is 18.8 Å². The molecule has 0 saturated heterocycles. The Morgan fingerprint density at radius 2 is 1.07 bits per heavy atom. The maximum atomic E-state index is 13.7. The highest BCUT2D eigenvalue weighted by atomic mass is 31.2. The van der Waals surface area contributed by atoms with E-state index in [1.807, 2.05) is 53.7 Å². The summed E-state index contributed by atoms with van der Waals surface area (Å²) in [6.07, 6.45) is 0.161. The van der Waals surface area contributed by atoms with Crippen LogP contribution >= 0.6 is 7.60 Å². The average molecular weight is 413 g/mol. The lowest BCUT2D eigenvalue weighted by Crippen LogP contribution is -2.24. The molecule has 0 aromatic heterocycles. The highest BCUT2D eigenvalue weighted by Gasteiger charge is 2.36. The number of phenols is 1. The number of hydrogen-bond donors (Lipinski definition) is 1. The number of hydrogen-bond acceptors (Lipinski definition) is 4. The van der Waals surface area contributed by atoms with Gasteiger partial charge in [-0.1, -0.05) is 53.7 Å². The summed E-state index contributed by atoms with van der Waals surface area (Å²) in [5.74, 6) is 0.312. The van der Waals surface area contributed by atoms with Gasteiger partial charge in [-0.2, -0.15) is 0 Å². The topological polar surface area (TPSA) is 55.8 Å². The van der Waals surface area contributed by atoms with Gasteiger partial charge in [0.2, 0.25) is 0 Å². The van der Waals surface area contributed by atoms with Crippen LogP contribution in [-0.4, -0.2) is 16.3 Å². The van der Waals surface area contributed by atoms with Crippen LogP contribution in [-0.2, 0) is 30.6 Å². The molecule has 4 nitrogen and oxygen atoms in total. The lowest BCUT2D eigenvalue weighted by Gasteiger charge is -2.33. The van der Waals surface area contributed by atoms with Crippen LogP contribution in [0.5, 0.6) is 5.75 Å². The van der Waals surface area contributed by atoms with Gasteiger partial charge in [0.05, 0.1) is 17.4 Å². The minimum absolute atomic E-state index is 0.161. The standard InChI is InChI=1S/C23H41O4P/c1-20(2,3)17-13-16(14-18(19(17)24)21(4,5)6)15-28(25,26-22(7,8)9)27-23(10,11)12/h13-14,24H,15H2,1-12H3. The van der Waals surface area contributed by atoms with E-state index in [9.17, 15) is 9.67 Å². The molecule has 1 N–H and O–H groups in total. The first-order valence-electron chi connectivity index (χ1n) is 10.0. The van der Waals surface area contributed by atoms with Crippen molar-refractivity contribution in [3.8, 4) is 5.75 Å². The van der Waals surface area contributed by atoms with Gasteiger partial charge in [0.15, 0.2) is 0 Å². The summed E-state index contributed by atoms with van der Waals surface area (Å²) in [6, 6.07) is 3.88. The summed E-state index contributed by atoms with van der Waals surface area (Å²) in [4.78, 5) is 0. The summed E-state index contributed by atoms with van der Waals surface area (Å²) >= 11 is 0. The molecule has 0 amide bonds. The molecule has 0 aliphatic rings. The molecular weight excluding hydrogens is 371 g/mol. The second-order valence-electron chi connectivity index (χ2n) is 11.7. The van der Waals surface area contributed by atoms with Gasteiger partial charge in [0, 0.05) is 0 Å². The summed E-state index contributed by atoms with van der Waals surface area (Å²) in [5.41, 5.74) is 0.833. The molecule has 0 heterocycles. The molecule has 0 saturated carbocycles. The van der Waals surface area contributed by atoms with Crippen molar-refractivity contribution in [3.05, 3.63) is 28.8 Å². The Kier molecular flexibility index (Phi) is 7.00. The molecule has 28 heavy (non-hydrogen) atoms. The fourth-order valence-electron chi connectivity index (χ4n) is 3.07. The third-order valence-corrected chi connectivity index (χ3v) is 6.39. The second kappa shape index (κ2) is 7.78. The number of phenolic OH excluding ortho intramolecular Hbond substituents is 1. The largest absolute Gasteiger partial charge is 0.507 e. The molecule has 1 rings (SSSR count). The first kappa shape index (κ1) is 25.2. The van der Waals surface area contributed by atoms with Gasteiger partial charge >= 0.3 is 7.60 Å². The van der Waals surface area contributed by atoms with Crippen molar-refractivity contribution in [2.45, 2.75) is 111 Å². The van der Waals surface area contributed by atoms with Crippen LogP contribution < -0.4 is 0 Å². The fourth-order valence-corrected chi connectivity index (χ4v) is 5.54. The third-order valence-electron chi connectivity index (χ3n) is 3.99. The maximum Gasteiger partial charge on any atom is 0.336 e. The molecule has 0 aliphatic carbocycles. The number of rotatable bonds is 4. The van der Waals surface area contributed by atoms with Gasteiger partial charge in [0.25, 0.3) is 0 Å². The smallest absolute Gasteiger partial charge is 0.336 e. The van der Waals surface area contributed by atoms with Crippen molar-refractivity contribution < 1.29 is 18.7 Å². The zero-order chi connectivity index (χ0) is 22.3. The Labute approximate surface area is 172 Å². The average Bonchev–Trinajstić information content (AvgIpc) is 2.32. The summed E-state index contributed by atoms with van der Waals surface area (Å²) < 4.78 is 25.6. The molecule has 1 aromatic carbocycles. The molecule has 0 spiro atoms. The van der Waals surface area contributed by atoms with Gasteiger partial charge in [-0.3, -0.25) is 4.57 Å². The lowest BCUT2D eigenvalue weighted by atomic mass is 9.78. The predicted molar refractivity (Wildman–Crippen MR) is 118 cm³/mol. The van der Waals surface area contributed by atoms with E-state index in [1.165, 1.54) is 0 Å². The Bertz CT molecular complexity index is 683. The second-order valence-corrected chi connectivity index (χ2v) is 13.6. The molecule has 0 atom stereocenters. The van der Waals surface area contributed by atoms with Crippen LogP contribution in [0.4, 0.5) is 0 Å². The Morgan fingerprint density at radius 1 is 0.750 bits per heavy atom. The molecule has 5 heteroatoms. The Balaban J connectivity index is 3.57. The third kappa shape index (κ3) is 7.54. The Morgan fingerprint density at radius 3 is 1.32 bits per heavy atom. The van der Waals surface area contributed by atoms with E-state index >= 15 is 0 Å². The summed E-state index contributed by atoms with van der Waals surface area (Å²) in [6.45, 7) is 23.7. The minimum Gasteiger partial charge on any atom is -0.507 e. The van der Waals surface area contributed by atoms with E-state index in [1.54, 1.807) is 0 Å². The van der Waals surface area contributed by atoms with Crippen LogP contribution in [0.2, 0.25) is 0 Å². The zero-order valence-corrected chi connectivity index (χ0v) is 20.9. The van der Waals surface area contributed by atoms with Gasteiger partial charge in [-0.05, 0) is 69.1 Å². The van der Waals surface area contributed by atoms with E-state index in [-0.39, 0.29) is 17.0 Å². The normalized spacial score (nSPS) is 14.4. The number of aromatic hydroxyl groups is 1. The van der Waals surface area contributed by atoms with Crippen LogP contribution in [0.15, 0.2) is 12.1 Å². The molecule has 0 fully saturated rings. The van der Waals surface area contributed by atoms with E-state index in [0.29, 0.717) is 5.75 Å². The van der Waals surface area contributed by atoms with Crippen molar-refractivity contribution in [2.75, 3.05) is 0 Å². The van der Waals surface area contributed by atoms with Crippen LogP contribution in [0, 0.1) is 0 Å².